The van der Waals surface area contributed by atoms with Crippen LogP contribution in [0.3, 0.4) is 0 Å². The van der Waals surface area contributed by atoms with Crippen LogP contribution in [0.25, 0.3) is 0 Å². The van der Waals surface area contributed by atoms with E-state index in [0.717, 1.165) is 0 Å². The molecule has 0 heterocycles. The molecular formula is C8H10O4P2Zn+2. The Morgan fingerprint density at radius 1 is 0.867 bits per heavy atom. The Balaban J connectivity index is 0.00000196. The minimum atomic E-state index is -1.65. The molecule has 0 radical (unpaired) electrons. The molecule has 0 aliphatic rings. The third-order valence-corrected chi connectivity index (χ3v) is 2.23. The van der Waals surface area contributed by atoms with Gasteiger partial charge in [0.2, 0.25) is 0 Å². The van der Waals surface area contributed by atoms with Gasteiger partial charge in [-0.1, -0.05) is 0 Å². The van der Waals surface area contributed by atoms with E-state index in [0.29, 0.717) is 11.5 Å². The molecule has 7 heteroatoms. The largest absolute Gasteiger partial charge is 0.552 e. The Kier molecular flexibility index (Phi) is 6.84. The van der Waals surface area contributed by atoms with Crippen molar-refractivity contribution in [3.05, 3.63) is 24.3 Å². The average Bonchev–Trinajstić information content (AvgIpc) is 2.06. The molecule has 0 aromatic heterocycles. The first kappa shape index (κ1) is 14.6. The van der Waals surface area contributed by atoms with Crippen molar-refractivity contribution >= 4 is 16.1 Å². The van der Waals surface area contributed by atoms with E-state index in [4.69, 9.17) is 9.05 Å². The van der Waals surface area contributed by atoms with E-state index >= 15 is 0 Å². The molecule has 1 aromatic carbocycles. The van der Waals surface area contributed by atoms with Crippen LogP contribution in [-0.4, -0.2) is 13.3 Å². The quantitative estimate of drug-likeness (QED) is 0.632. The van der Waals surface area contributed by atoms with Gasteiger partial charge in [0, 0.05) is 19.5 Å². The molecule has 0 amide bonds. The molecule has 0 saturated carbocycles. The maximum Gasteiger partial charge on any atom is 0.552 e. The molecule has 1 aromatic rings. The first-order chi connectivity index (χ1) is 6.58. The van der Waals surface area contributed by atoms with E-state index < -0.39 is 16.1 Å². The SMILES string of the molecule is C[P+](=O)Oc1ccc(O[P+](C)=O)cc1.[Zn]. The first-order valence-electron chi connectivity index (χ1n) is 3.85. The predicted molar refractivity (Wildman–Crippen MR) is 54.8 cm³/mol. The van der Waals surface area contributed by atoms with Gasteiger partial charge in [0.1, 0.15) is 0 Å². The third-order valence-electron chi connectivity index (χ3n) is 1.29. The molecule has 76 valence electrons. The summed E-state index contributed by atoms with van der Waals surface area (Å²) in [5, 5.41) is 0. The van der Waals surface area contributed by atoms with Gasteiger partial charge in [0.05, 0.1) is 0 Å². The van der Waals surface area contributed by atoms with Crippen LogP contribution in [0.1, 0.15) is 0 Å². The Hall–Kier alpha value is -0.357. The van der Waals surface area contributed by atoms with Gasteiger partial charge in [-0.05, 0) is 33.4 Å². The van der Waals surface area contributed by atoms with Crippen molar-refractivity contribution in [2.24, 2.45) is 0 Å². The summed E-state index contributed by atoms with van der Waals surface area (Å²) < 4.78 is 31.4. The van der Waals surface area contributed by atoms with Gasteiger partial charge in [0.25, 0.3) is 0 Å². The molecule has 2 unspecified atom stereocenters. The maximum absolute atomic E-state index is 10.7. The third kappa shape index (κ3) is 5.94. The smallest absolute Gasteiger partial charge is 0.255 e. The predicted octanol–water partition coefficient (Wildman–Crippen LogP) is 3.19. The van der Waals surface area contributed by atoms with Gasteiger partial charge in [0.15, 0.2) is 24.8 Å². The minimum absolute atomic E-state index is 0. The minimum Gasteiger partial charge on any atom is -0.255 e. The van der Waals surface area contributed by atoms with E-state index in [2.05, 4.69) is 0 Å². The van der Waals surface area contributed by atoms with Gasteiger partial charge in [-0.2, -0.15) is 0 Å². The van der Waals surface area contributed by atoms with E-state index in [9.17, 15) is 9.13 Å². The Morgan fingerprint density at radius 3 is 1.33 bits per heavy atom. The van der Waals surface area contributed by atoms with Crippen molar-refractivity contribution in [3.8, 4) is 11.5 Å². The van der Waals surface area contributed by atoms with Crippen LogP contribution in [0.15, 0.2) is 24.3 Å². The van der Waals surface area contributed by atoms with Crippen LogP contribution < -0.4 is 9.05 Å². The summed E-state index contributed by atoms with van der Waals surface area (Å²) in [6.07, 6.45) is 0. The second kappa shape index (κ2) is 7.01. The molecule has 0 fully saturated rings. The summed E-state index contributed by atoms with van der Waals surface area (Å²) >= 11 is 0. The van der Waals surface area contributed by atoms with Gasteiger partial charge in [-0.3, -0.25) is 9.05 Å². The van der Waals surface area contributed by atoms with Gasteiger partial charge >= 0.3 is 16.1 Å². The normalized spacial score (nSPS) is 11.1. The van der Waals surface area contributed by atoms with E-state index in [-0.39, 0.29) is 19.5 Å². The molecule has 0 N–H and O–H groups in total. The van der Waals surface area contributed by atoms with E-state index in [1.165, 1.54) is 13.3 Å². The van der Waals surface area contributed by atoms with Crippen LogP contribution in [-0.2, 0) is 28.6 Å². The zero-order valence-corrected chi connectivity index (χ0v) is 13.3. The molecule has 0 bridgehead atoms. The number of hydrogen-bond acceptors (Lipinski definition) is 4. The van der Waals surface area contributed by atoms with Crippen LogP contribution in [0.4, 0.5) is 0 Å². The van der Waals surface area contributed by atoms with Gasteiger partial charge in [-0.25, -0.2) is 0 Å². The topological polar surface area (TPSA) is 52.6 Å². The molecular weight excluding hydrogens is 287 g/mol. The van der Waals surface area contributed by atoms with E-state index in [1.807, 2.05) is 0 Å². The second-order valence-corrected chi connectivity index (χ2v) is 4.66. The molecule has 4 nitrogen and oxygen atoms in total. The zero-order chi connectivity index (χ0) is 10.6. The molecule has 1 rings (SSSR count). The fourth-order valence-electron chi connectivity index (χ4n) is 0.858. The van der Waals surface area contributed by atoms with Crippen LogP contribution in [0.2, 0.25) is 0 Å². The van der Waals surface area contributed by atoms with Crippen molar-refractivity contribution in [3.63, 3.8) is 0 Å². The molecule has 2 atom stereocenters. The van der Waals surface area contributed by atoms with Crippen LogP contribution in [0.5, 0.6) is 11.5 Å². The fourth-order valence-corrected chi connectivity index (χ4v) is 1.70. The monoisotopic (exact) mass is 296 g/mol. The summed E-state index contributed by atoms with van der Waals surface area (Å²) in [6.45, 7) is 2.95. The van der Waals surface area contributed by atoms with Crippen molar-refractivity contribution in [1.82, 2.24) is 0 Å². The average molecular weight is 298 g/mol. The summed E-state index contributed by atoms with van der Waals surface area (Å²) in [4.78, 5) is 0. The number of benzene rings is 1. The Labute approximate surface area is 103 Å². The molecule has 0 aliphatic heterocycles. The molecule has 0 aliphatic carbocycles. The van der Waals surface area contributed by atoms with Crippen molar-refractivity contribution in [2.75, 3.05) is 13.3 Å². The van der Waals surface area contributed by atoms with Gasteiger partial charge < -0.3 is 0 Å². The van der Waals surface area contributed by atoms with Crippen molar-refractivity contribution in [1.29, 1.82) is 0 Å². The van der Waals surface area contributed by atoms with Crippen LogP contribution in [0, 0.1) is 0 Å². The summed E-state index contributed by atoms with van der Waals surface area (Å²) in [6, 6.07) is 6.46. The number of hydrogen-bond donors (Lipinski definition) is 0. The second-order valence-electron chi connectivity index (χ2n) is 2.53. The maximum atomic E-state index is 10.7. The molecule has 0 saturated heterocycles. The summed E-state index contributed by atoms with van der Waals surface area (Å²) in [5.41, 5.74) is 0. The summed E-state index contributed by atoms with van der Waals surface area (Å²) in [5.74, 6) is 1.01. The molecule has 0 spiro atoms. The van der Waals surface area contributed by atoms with Crippen molar-refractivity contribution in [2.45, 2.75) is 0 Å². The Bertz CT molecular complexity index is 317. The van der Waals surface area contributed by atoms with Crippen LogP contribution >= 0.6 is 16.1 Å². The van der Waals surface area contributed by atoms with Crippen molar-refractivity contribution < 1.29 is 37.7 Å². The fraction of sp³-hybridized carbons (Fsp3) is 0.250. The van der Waals surface area contributed by atoms with Gasteiger partial charge in [-0.15, -0.1) is 0 Å². The summed E-state index contributed by atoms with van der Waals surface area (Å²) in [7, 11) is -3.30. The molecule has 15 heavy (non-hydrogen) atoms. The van der Waals surface area contributed by atoms with E-state index in [1.54, 1.807) is 24.3 Å². The Morgan fingerprint density at radius 2 is 1.13 bits per heavy atom. The number of rotatable bonds is 4. The standard InChI is InChI=1S/C8H10O4P2.Zn/c1-13(9)11-7-3-5-8(6-4-7)12-14(2)10;/h3-6H,1-2H3;/q+2;. The first-order valence-corrected chi connectivity index (χ1v) is 7.10. The zero-order valence-electron chi connectivity index (χ0n) is 8.54.